The van der Waals surface area contributed by atoms with E-state index in [1.807, 2.05) is 0 Å². The Labute approximate surface area is 142 Å². The van der Waals surface area contributed by atoms with Crippen molar-refractivity contribution in [1.82, 2.24) is 4.90 Å². The maximum atomic E-state index is 12.4. The molecule has 1 heterocycles. The van der Waals surface area contributed by atoms with Gasteiger partial charge in [0.05, 0.1) is 11.4 Å². The molecule has 1 aliphatic rings. The molecular formula is C18H13NO4S. The molecule has 0 radical (unpaired) electrons. The second kappa shape index (κ2) is 6.72. The number of ketones is 1. The predicted molar refractivity (Wildman–Crippen MR) is 91.6 cm³/mol. The highest BCUT2D eigenvalue weighted by Gasteiger charge is 2.36. The first kappa shape index (κ1) is 16.0. The number of para-hydroxylation sites is 1. The molecule has 2 amide bonds. The van der Waals surface area contributed by atoms with Gasteiger partial charge in [-0.2, -0.15) is 0 Å². The number of Topliss-reactive ketones (excluding diaryl/α,β-unsaturated/α-hetero) is 1. The summed E-state index contributed by atoms with van der Waals surface area (Å²) in [5, 5.41) is 9.27. The molecule has 0 unspecified atom stereocenters. The fraction of sp³-hybridized carbons (Fsp3) is 0.0556. The number of carbonyl (C=O) groups excluding carboxylic acids is 3. The molecule has 6 heteroatoms. The molecule has 120 valence electrons. The topological polar surface area (TPSA) is 74.7 Å². The van der Waals surface area contributed by atoms with Crippen LogP contribution in [0.2, 0.25) is 0 Å². The van der Waals surface area contributed by atoms with Crippen LogP contribution in [0.1, 0.15) is 15.9 Å². The molecule has 0 spiro atoms. The van der Waals surface area contributed by atoms with Crippen LogP contribution in [0.15, 0.2) is 59.5 Å². The van der Waals surface area contributed by atoms with Gasteiger partial charge in [-0.25, -0.2) is 0 Å². The van der Waals surface area contributed by atoms with Crippen LogP contribution in [-0.2, 0) is 4.79 Å². The van der Waals surface area contributed by atoms with E-state index in [-0.39, 0.29) is 23.0 Å². The van der Waals surface area contributed by atoms with Gasteiger partial charge in [0.15, 0.2) is 5.78 Å². The van der Waals surface area contributed by atoms with E-state index in [9.17, 15) is 19.5 Å². The van der Waals surface area contributed by atoms with Gasteiger partial charge in [0.2, 0.25) is 0 Å². The zero-order valence-corrected chi connectivity index (χ0v) is 13.3. The smallest absolute Gasteiger partial charge is 0.293 e. The summed E-state index contributed by atoms with van der Waals surface area (Å²) in [4.78, 5) is 37.7. The van der Waals surface area contributed by atoms with Crippen molar-refractivity contribution in [3.63, 3.8) is 0 Å². The van der Waals surface area contributed by atoms with Gasteiger partial charge in [-0.15, -0.1) is 0 Å². The lowest BCUT2D eigenvalue weighted by molar-refractivity contribution is -0.122. The summed E-state index contributed by atoms with van der Waals surface area (Å²) < 4.78 is 0. The third-order valence-corrected chi connectivity index (χ3v) is 4.40. The number of rotatable bonds is 4. The highest BCUT2D eigenvalue weighted by atomic mass is 32.2. The van der Waals surface area contributed by atoms with Crippen LogP contribution in [0.4, 0.5) is 4.79 Å². The Bertz CT molecular complexity index is 845. The second-order valence-corrected chi connectivity index (χ2v) is 6.11. The fourth-order valence-corrected chi connectivity index (χ4v) is 3.08. The van der Waals surface area contributed by atoms with Gasteiger partial charge < -0.3 is 5.11 Å². The number of nitrogens with zero attached hydrogens (tertiary/aromatic N) is 1. The van der Waals surface area contributed by atoms with Crippen molar-refractivity contribution in [3.8, 4) is 5.75 Å². The lowest BCUT2D eigenvalue weighted by atomic mass is 10.1. The number of aromatic hydroxyl groups is 1. The first-order chi connectivity index (χ1) is 11.6. The molecule has 1 fully saturated rings. The zero-order valence-electron chi connectivity index (χ0n) is 12.5. The monoisotopic (exact) mass is 339 g/mol. The number of imide groups is 1. The van der Waals surface area contributed by atoms with Crippen LogP contribution in [0.3, 0.4) is 0 Å². The van der Waals surface area contributed by atoms with Crippen molar-refractivity contribution in [2.24, 2.45) is 0 Å². The Morgan fingerprint density at radius 3 is 2.42 bits per heavy atom. The van der Waals surface area contributed by atoms with Crippen LogP contribution in [0.25, 0.3) is 6.08 Å². The summed E-state index contributed by atoms with van der Waals surface area (Å²) in [5.41, 5.74) is 0.888. The molecule has 0 bridgehead atoms. The Morgan fingerprint density at radius 1 is 1.04 bits per heavy atom. The molecule has 0 saturated carbocycles. The van der Waals surface area contributed by atoms with Gasteiger partial charge >= 0.3 is 0 Å². The quantitative estimate of drug-likeness (QED) is 0.683. The van der Waals surface area contributed by atoms with E-state index in [4.69, 9.17) is 0 Å². The van der Waals surface area contributed by atoms with Crippen molar-refractivity contribution in [1.29, 1.82) is 0 Å². The van der Waals surface area contributed by atoms with Crippen LogP contribution in [-0.4, -0.2) is 33.5 Å². The Kier molecular flexibility index (Phi) is 4.48. The minimum Gasteiger partial charge on any atom is -0.507 e. The minimum atomic E-state index is -0.530. The molecule has 0 aliphatic carbocycles. The van der Waals surface area contributed by atoms with E-state index in [2.05, 4.69) is 0 Å². The maximum Gasteiger partial charge on any atom is 0.293 e. The SMILES string of the molecule is O=C(CN1C(=O)S/C(=C\c2ccccc2O)C1=O)c1ccccc1. The molecule has 5 nitrogen and oxygen atoms in total. The number of amides is 2. The van der Waals surface area contributed by atoms with E-state index in [1.165, 1.54) is 12.1 Å². The average Bonchev–Trinajstić information content (AvgIpc) is 2.85. The van der Waals surface area contributed by atoms with E-state index >= 15 is 0 Å². The zero-order chi connectivity index (χ0) is 17.1. The summed E-state index contributed by atoms with van der Waals surface area (Å²) >= 11 is 0.758. The van der Waals surface area contributed by atoms with E-state index in [0.717, 1.165) is 16.7 Å². The van der Waals surface area contributed by atoms with Gasteiger partial charge in [-0.05, 0) is 23.9 Å². The van der Waals surface area contributed by atoms with Crippen molar-refractivity contribution in [2.75, 3.05) is 6.54 Å². The number of phenols is 1. The summed E-state index contributed by atoms with van der Waals surface area (Å²) in [5.74, 6) is -0.816. The van der Waals surface area contributed by atoms with Crippen LogP contribution in [0.5, 0.6) is 5.75 Å². The predicted octanol–water partition coefficient (Wildman–Crippen LogP) is 3.31. The van der Waals surface area contributed by atoms with Crippen molar-refractivity contribution >= 4 is 34.8 Å². The van der Waals surface area contributed by atoms with Crippen LogP contribution in [0, 0.1) is 0 Å². The summed E-state index contributed by atoms with van der Waals surface area (Å²) in [6.45, 7) is -0.299. The molecule has 2 aromatic rings. The van der Waals surface area contributed by atoms with Gasteiger partial charge in [0, 0.05) is 11.1 Å². The Balaban J connectivity index is 1.80. The van der Waals surface area contributed by atoms with E-state index in [1.54, 1.807) is 48.5 Å². The Morgan fingerprint density at radius 2 is 1.71 bits per heavy atom. The van der Waals surface area contributed by atoms with Gasteiger partial charge in [-0.3, -0.25) is 19.3 Å². The van der Waals surface area contributed by atoms with Crippen LogP contribution >= 0.6 is 11.8 Å². The number of thioether (sulfide) groups is 1. The normalized spacial score (nSPS) is 16.0. The standard InChI is InChI=1S/C18H13NO4S/c20-14-9-5-4-8-13(14)10-16-17(22)19(18(23)24-16)11-15(21)12-6-2-1-3-7-12/h1-10,20H,11H2/b16-10-. The van der Waals surface area contributed by atoms with Crippen LogP contribution < -0.4 is 0 Å². The van der Waals surface area contributed by atoms with E-state index < -0.39 is 11.1 Å². The van der Waals surface area contributed by atoms with E-state index in [0.29, 0.717) is 11.1 Å². The summed E-state index contributed by atoms with van der Waals surface area (Å²) in [6, 6.07) is 15.0. The number of benzene rings is 2. The largest absolute Gasteiger partial charge is 0.507 e. The molecule has 24 heavy (non-hydrogen) atoms. The van der Waals surface area contributed by atoms with Gasteiger partial charge in [-0.1, -0.05) is 48.5 Å². The molecule has 1 N–H and O–H groups in total. The molecule has 1 saturated heterocycles. The lowest BCUT2D eigenvalue weighted by Crippen LogP contribution is -2.33. The molecule has 0 aromatic heterocycles. The first-order valence-electron chi connectivity index (χ1n) is 7.18. The van der Waals surface area contributed by atoms with Gasteiger partial charge in [0.25, 0.3) is 11.1 Å². The molecule has 0 atom stereocenters. The number of carbonyl (C=O) groups is 3. The highest BCUT2D eigenvalue weighted by molar-refractivity contribution is 8.18. The molecule has 1 aliphatic heterocycles. The second-order valence-electron chi connectivity index (χ2n) is 5.12. The summed E-state index contributed by atoms with van der Waals surface area (Å²) in [7, 11) is 0. The third-order valence-electron chi connectivity index (χ3n) is 3.49. The molecular weight excluding hydrogens is 326 g/mol. The number of phenolic OH excluding ortho intramolecular Hbond substituents is 1. The fourth-order valence-electron chi connectivity index (χ4n) is 2.25. The highest BCUT2D eigenvalue weighted by Crippen LogP contribution is 2.33. The van der Waals surface area contributed by atoms with Crippen molar-refractivity contribution in [3.05, 3.63) is 70.6 Å². The van der Waals surface area contributed by atoms with Crippen molar-refractivity contribution in [2.45, 2.75) is 0 Å². The average molecular weight is 339 g/mol. The molecule has 2 aromatic carbocycles. The third kappa shape index (κ3) is 3.23. The summed E-state index contributed by atoms with van der Waals surface area (Å²) in [6.07, 6.45) is 1.45. The van der Waals surface area contributed by atoms with Gasteiger partial charge in [0.1, 0.15) is 5.75 Å². The minimum absolute atomic E-state index is 0.0182. The lowest BCUT2D eigenvalue weighted by Gasteiger charge is -2.11. The Hall–Kier alpha value is -2.86. The molecule has 3 rings (SSSR count). The maximum absolute atomic E-state index is 12.4. The number of hydrogen-bond acceptors (Lipinski definition) is 5. The van der Waals surface area contributed by atoms with Crippen molar-refractivity contribution < 1.29 is 19.5 Å². The first-order valence-corrected chi connectivity index (χ1v) is 7.99. The number of hydrogen-bond donors (Lipinski definition) is 1.